The highest BCUT2D eigenvalue weighted by molar-refractivity contribution is 5.95. The molecule has 0 saturated carbocycles. The average Bonchev–Trinajstić information content (AvgIpc) is 3.28. The Kier molecular flexibility index (Phi) is 6.44. The molecular weight excluding hydrogens is 453 g/mol. The number of fused-ring (bicyclic) bond motifs is 1. The first-order valence-electron chi connectivity index (χ1n) is 10.5. The molecule has 4 rings (SSSR count). The number of alkyl halides is 3. The normalized spacial score (nSPS) is 16.2. The monoisotopic (exact) mass is 474 g/mol. The van der Waals surface area contributed by atoms with Crippen molar-refractivity contribution in [3.63, 3.8) is 0 Å². The molecule has 1 unspecified atom stereocenters. The van der Waals surface area contributed by atoms with E-state index in [0.717, 1.165) is 17.3 Å². The molecule has 1 atom stereocenters. The SMILES string of the molecule is CCCOc1ccc(C2NC(=O)NC(C(F)(F)F)=C2C(=O)OCc2ccc3[nH]ncc3c2)cc1. The number of nitrogens with one attached hydrogen (secondary N) is 3. The fraction of sp³-hybridized carbons (Fsp3) is 0.261. The molecule has 178 valence electrons. The Balaban J connectivity index is 1.63. The van der Waals surface area contributed by atoms with Crippen LogP contribution in [-0.2, 0) is 16.1 Å². The lowest BCUT2D eigenvalue weighted by Gasteiger charge is -2.30. The summed E-state index contributed by atoms with van der Waals surface area (Å²) in [6.07, 6.45) is -2.62. The highest BCUT2D eigenvalue weighted by Gasteiger charge is 2.45. The Morgan fingerprint density at radius 3 is 2.62 bits per heavy atom. The zero-order valence-corrected chi connectivity index (χ0v) is 18.0. The van der Waals surface area contributed by atoms with Crippen LogP contribution >= 0.6 is 0 Å². The first kappa shape index (κ1) is 23.1. The Bertz CT molecular complexity index is 1230. The van der Waals surface area contributed by atoms with E-state index in [9.17, 15) is 22.8 Å². The summed E-state index contributed by atoms with van der Waals surface area (Å²) < 4.78 is 52.1. The van der Waals surface area contributed by atoms with Gasteiger partial charge in [-0.3, -0.25) is 5.10 Å². The predicted molar refractivity (Wildman–Crippen MR) is 116 cm³/mol. The summed E-state index contributed by atoms with van der Waals surface area (Å²) in [6, 6.07) is 8.77. The molecule has 0 saturated heterocycles. The summed E-state index contributed by atoms with van der Waals surface area (Å²) in [5, 5.41) is 11.5. The van der Waals surface area contributed by atoms with Gasteiger partial charge in [0.25, 0.3) is 0 Å². The van der Waals surface area contributed by atoms with Gasteiger partial charge in [-0.2, -0.15) is 18.3 Å². The van der Waals surface area contributed by atoms with Gasteiger partial charge in [0.1, 0.15) is 18.1 Å². The number of carbonyl (C=O) groups is 2. The predicted octanol–water partition coefficient (Wildman–Crippen LogP) is 4.27. The molecule has 0 radical (unpaired) electrons. The summed E-state index contributed by atoms with van der Waals surface area (Å²) in [6.45, 7) is 2.15. The molecule has 0 bridgehead atoms. The summed E-state index contributed by atoms with van der Waals surface area (Å²) in [5.41, 5.74) is -0.588. The van der Waals surface area contributed by atoms with E-state index in [4.69, 9.17) is 9.47 Å². The number of nitrogens with zero attached hydrogens (tertiary/aromatic N) is 1. The van der Waals surface area contributed by atoms with Gasteiger partial charge in [-0.25, -0.2) is 9.59 Å². The number of rotatable bonds is 7. The highest BCUT2D eigenvalue weighted by Crippen LogP contribution is 2.36. The minimum atomic E-state index is -4.98. The molecule has 3 N–H and O–H groups in total. The van der Waals surface area contributed by atoms with Crippen LogP contribution in [0.15, 0.2) is 59.9 Å². The van der Waals surface area contributed by atoms with Crippen LogP contribution in [0.4, 0.5) is 18.0 Å². The van der Waals surface area contributed by atoms with E-state index in [2.05, 4.69) is 15.5 Å². The van der Waals surface area contributed by atoms with Crippen molar-refractivity contribution in [1.29, 1.82) is 0 Å². The number of hydrogen-bond acceptors (Lipinski definition) is 5. The van der Waals surface area contributed by atoms with Crippen LogP contribution in [0.2, 0.25) is 0 Å². The van der Waals surface area contributed by atoms with Crippen LogP contribution in [0, 0.1) is 0 Å². The van der Waals surface area contributed by atoms with Crippen molar-refractivity contribution in [2.24, 2.45) is 0 Å². The third kappa shape index (κ3) is 4.98. The fourth-order valence-electron chi connectivity index (χ4n) is 3.54. The van der Waals surface area contributed by atoms with Gasteiger partial charge in [0.15, 0.2) is 0 Å². The quantitative estimate of drug-likeness (QED) is 0.444. The van der Waals surface area contributed by atoms with Gasteiger partial charge in [0.2, 0.25) is 0 Å². The first-order valence-corrected chi connectivity index (χ1v) is 10.5. The summed E-state index contributed by atoms with van der Waals surface area (Å²) in [4.78, 5) is 24.9. The van der Waals surface area contributed by atoms with Gasteiger partial charge < -0.3 is 20.1 Å². The lowest BCUT2D eigenvalue weighted by Crippen LogP contribution is -2.49. The molecule has 2 heterocycles. The van der Waals surface area contributed by atoms with Crippen molar-refractivity contribution in [3.05, 3.63) is 71.1 Å². The number of ether oxygens (including phenoxy) is 2. The smallest absolute Gasteiger partial charge is 0.432 e. The van der Waals surface area contributed by atoms with Gasteiger partial charge in [-0.15, -0.1) is 0 Å². The maximum Gasteiger partial charge on any atom is 0.432 e. The Morgan fingerprint density at radius 1 is 1.15 bits per heavy atom. The molecule has 1 aliphatic rings. The van der Waals surface area contributed by atoms with Gasteiger partial charge >= 0.3 is 18.2 Å². The third-order valence-electron chi connectivity index (χ3n) is 5.14. The molecule has 0 fully saturated rings. The highest BCUT2D eigenvalue weighted by atomic mass is 19.4. The van der Waals surface area contributed by atoms with Gasteiger partial charge in [-0.05, 0) is 41.8 Å². The molecule has 8 nitrogen and oxygen atoms in total. The van der Waals surface area contributed by atoms with Gasteiger partial charge in [-0.1, -0.05) is 25.1 Å². The standard InChI is InChI=1S/C23H21F3N4O4/c1-2-9-33-16-6-4-14(5-7-16)19-18(20(23(24,25)26)29-22(32)28-19)21(31)34-12-13-3-8-17-15(10-13)11-27-30-17/h3-8,10-11,19H,2,9,12H2,1H3,(H,27,30)(H2,28,29,32). The van der Waals surface area contributed by atoms with E-state index >= 15 is 0 Å². The number of benzene rings is 2. The molecule has 2 amide bonds. The number of carbonyl (C=O) groups excluding carboxylic acids is 2. The zero-order valence-electron chi connectivity index (χ0n) is 18.0. The summed E-state index contributed by atoms with van der Waals surface area (Å²) in [7, 11) is 0. The third-order valence-corrected chi connectivity index (χ3v) is 5.14. The van der Waals surface area contributed by atoms with Crippen LogP contribution in [0.3, 0.4) is 0 Å². The lowest BCUT2D eigenvalue weighted by atomic mass is 9.95. The number of amides is 2. The Labute approximate surface area is 192 Å². The molecular formula is C23H21F3N4O4. The Morgan fingerprint density at radius 2 is 1.91 bits per heavy atom. The number of H-pyrrole nitrogens is 1. The topological polar surface area (TPSA) is 105 Å². The summed E-state index contributed by atoms with van der Waals surface area (Å²) in [5.74, 6) is -0.687. The molecule has 11 heteroatoms. The van der Waals surface area contributed by atoms with Crippen LogP contribution in [0.25, 0.3) is 10.9 Å². The van der Waals surface area contributed by atoms with Gasteiger partial charge in [0, 0.05) is 5.39 Å². The van der Waals surface area contributed by atoms with Crippen LogP contribution in [0.1, 0.15) is 30.5 Å². The summed E-state index contributed by atoms with van der Waals surface area (Å²) >= 11 is 0. The number of urea groups is 1. The molecule has 0 spiro atoms. The van der Waals surface area contributed by atoms with E-state index < -0.39 is 35.5 Å². The van der Waals surface area contributed by atoms with Crippen molar-refractivity contribution in [2.45, 2.75) is 32.2 Å². The van der Waals surface area contributed by atoms with E-state index in [-0.39, 0.29) is 12.2 Å². The van der Waals surface area contributed by atoms with Crippen LogP contribution < -0.4 is 15.4 Å². The van der Waals surface area contributed by atoms with E-state index in [0.29, 0.717) is 17.9 Å². The van der Waals surface area contributed by atoms with Crippen LogP contribution in [0.5, 0.6) is 5.75 Å². The van der Waals surface area contributed by atoms with Crippen molar-refractivity contribution in [3.8, 4) is 5.75 Å². The molecule has 0 aliphatic carbocycles. The van der Waals surface area contributed by atoms with E-state index in [1.807, 2.05) is 6.92 Å². The van der Waals surface area contributed by atoms with E-state index in [1.165, 1.54) is 12.1 Å². The minimum Gasteiger partial charge on any atom is -0.494 e. The molecule has 34 heavy (non-hydrogen) atoms. The lowest BCUT2D eigenvalue weighted by molar-refractivity contribution is -0.142. The van der Waals surface area contributed by atoms with Crippen LogP contribution in [-0.4, -0.2) is 35.0 Å². The number of esters is 1. The minimum absolute atomic E-state index is 0.265. The van der Waals surface area contributed by atoms with Crippen molar-refractivity contribution >= 4 is 22.9 Å². The number of halogens is 3. The maximum absolute atomic E-state index is 13.8. The van der Waals surface area contributed by atoms with E-state index in [1.54, 1.807) is 41.8 Å². The average molecular weight is 474 g/mol. The number of hydrogen-bond donors (Lipinski definition) is 3. The fourth-order valence-corrected chi connectivity index (χ4v) is 3.54. The van der Waals surface area contributed by atoms with Crippen molar-refractivity contribution in [2.75, 3.05) is 6.61 Å². The largest absolute Gasteiger partial charge is 0.494 e. The Hall–Kier alpha value is -4.02. The second-order valence-corrected chi connectivity index (χ2v) is 7.60. The molecule has 1 aliphatic heterocycles. The van der Waals surface area contributed by atoms with Crippen molar-refractivity contribution in [1.82, 2.24) is 20.8 Å². The van der Waals surface area contributed by atoms with Crippen molar-refractivity contribution < 1.29 is 32.2 Å². The number of aromatic amines is 1. The second kappa shape index (κ2) is 9.46. The number of aromatic nitrogens is 2. The molecule has 2 aromatic carbocycles. The molecule has 3 aromatic rings. The second-order valence-electron chi connectivity index (χ2n) is 7.60. The molecule has 1 aromatic heterocycles. The number of allylic oxidation sites excluding steroid dienone is 1. The van der Waals surface area contributed by atoms with Gasteiger partial charge in [0.05, 0.1) is 29.9 Å². The maximum atomic E-state index is 13.8. The first-order chi connectivity index (χ1) is 16.3. The zero-order chi connectivity index (χ0) is 24.3.